The van der Waals surface area contributed by atoms with Crippen LogP contribution in [0.3, 0.4) is 0 Å². The van der Waals surface area contributed by atoms with Crippen molar-refractivity contribution in [1.29, 1.82) is 0 Å². The third kappa shape index (κ3) is 1.10. The Balaban J connectivity index is 2.08. The molecule has 13 heavy (non-hydrogen) atoms. The third-order valence-corrected chi connectivity index (χ3v) is 2.62. The first-order valence-corrected chi connectivity index (χ1v) is 4.76. The lowest BCUT2D eigenvalue weighted by Gasteiger charge is -2.04. The zero-order valence-corrected chi connectivity index (χ0v) is 7.40. The van der Waals surface area contributed by atoms with Crippen LogP contribution in [-0.4, -0.2) is 9.55 Å². The van der Waals surface area contributed by atoms with Gasteiger partial charge in [0.05, 0.1) is 0 Å². The second kappa shape index (κ2) is 2.52. The lowest BCUT2D eigenvalue weighted by atomic mass is 10.3. The van der Waals surface area contributed by atoms with Crippen LogP contribution in [0.15, 0.2) is 36.7 Å². The molecule has 0 saturated heterocycles. The van der Waals surface area contributed by atoms with Gasteiger partial charge in [0.25, 0.3) is 0 Å². The van der Waals surface area contributed by atoms with Gasteiger partial charge in [-0.1, -0.05) is 0 Å². The van der Waals surface area contributed by atoms with Gasteiger partial charge in [-0.2, -0.15) is 0 Å². The van der Waals surface area contributed by atoms with E-state index in [2.05, 4.69) is 33.9 Å². The van der Waals surface area contributed by atoms with Gasteiger partial charge < -0.3 is 9.55 Å². The van der Waals surface area contributed by atoms with E-state index in [4.69, 9.17) is 0 Å². The number of rotatable bonds is 2. The third-order valence-electron chi connectivity index (χ3n) is 2.62. The Labute approximate surface area is 77.2 Å². The van der Waals surface area contributed by atoms with Crippen molar-refractivity contribution in [1.82, 2.24) is 9.55 Å². The maximum absolute atomic E-state index is 3.23. The molecule has 0 radical (unpaired) electrons. The van der Waals surface area contributed by atoms with E-state index in [9.17, 15) is 0 Å². The van der Waals surface area contributed by atoms with E-state index in [0.29, 0.717) is 0 Å². The van der Waals surface area contributed by atoms with Crippen LogP contribution in [0.2, 0.25) is 0 Å². The van der Waals surface area contributed by atoms with Crippen LogP contribution in [0.25, 0.3) is 5.82 Å². The molecular formula is C11H12N2. The highest BCUT2D eigenvalue weighted by Gasteiger charge is 2.26. The van der Waals surface area contributed by atoms with E-state index in [1.165, 1.54) is 24.4 Å². The van der Waals surface area contributed by atoms with Crippen molar-refractivity contribution in [3.8, 4) is 5.82 Å². The summed E-state index contributed by atoms with van der Waals surface area (Å²) in [7, 11) is 0. The summed E-state index contributed by atoms with van der Waals surface area (Å²) in [5, 5.41) is 0. The van der Waals surface area contributed by atoms with Gasteiger partial charge in [-0.05, 0) is 43.0 Å². The average molecular weight is 172 g/mol. The molecule has 1 aliphatic rings. The number of H-pyrrole nitrogens is 1. The summed E-state index contributed by atoms with van der Waals surface area (Å²) in [5.74, 6) is 1.98. The van der Waals surface area contributed by atoms with E-state index in [0.717, 1.165) is 5.92 Å². The second-order valence-electron chi connectivity index (χ2n) is 3.63. The molecule has 0 atom stereocenters. The number of hydrogen-bond donors (Lipinski definition) is 1. The molecule has 2 aromatic rings. The lowest BCUT2D eigenvalue weighted by molar-refractivity contribution is 0.904. The van der Waals surface area contributed by atoms with Crippen molar-refractivity contribution in [3.05, 3.63) is 42.4 Å². The molecule has 2 heterocycles. The molecule has 0 unspecified atom stereocenters. The van der Waals surface area contributed by atoms with Gasteiger partial charge in [-0.3, -0.25) is 0 Å². The number of nitrogens with zero attached hydrogens (tertiary/aromatic N) is 1. The molecule has 66 valence electrons. The topological polar surface area (TPSA) is 20.7 Å². The van der Waals surface area contributed by atoms with Crippen LogP contribution in [0.1, 0.15) is 24.5 Å². The van der Waals surface area contributed by atoms with Crippen molar-refractivity contribution < 1.29 is 0 Å². The summed E-state index contributed by atoms with van der Waals surface area (Å²) in [5.41, 5.74) is 1.45. The second-order valence-corrected chi connectivity index (χ2v) is 3.63. The minimum atomic E-state index is 0.804. The van der Waals surface area contributed by atoms with Crippen LogP contribution in [0.5, 0.6) is 0 Å². The summed E-state index contributed by atoms with van der Waals surface area (Å²) >= 11 is 0. The Morgan fingerprint density at radius 1 is 1.23 bits per heavy atom. The van der Waals surface area contributed by atoms with Gasteiger partial charge in [-0.25, -0.2) is 0 Å². The summed E-state index contributed by atoms with van der Waals surface area (Å²) in [6, 6.07) is 8.48. The zero-order chi connectivity index (χ0) is 8.67. The van der Waals surface area contributed by atoms with Crippen LogP contribution in [0.4, 0.5) is 0 Å². The van der Waals surface area contributed by atoms with Crippen molar-refractivity contribution in [3.63, 3.8) is 0 Å². The molecule has 0 aliphatic heterocycles. The van der Waals surface area contributed by atoms with E-state index in [-0.39, 0.29) is 0 Å². The Morgan fingerprint density at radius 3 is 2.85 bits per heavy atom. The van der Waals surface area contributed by atoms with E-state index >= 15 is 0 Å². The van der Waals surface area contributed by atoms with Crippen LogP contribution in [-0.2, 0) is 0 Å². The number of aromatic nitrogens is 2. The molecule has 2 nitrogen and oxygen atoms in total. The fraction of sp³-hybridized carbons (Fsp3) is 0.273. The molecule has 1 saturated carbocycles. The van der Waals surface area contributed by atoms with Gasteiger partial charge in [-0.15, -0.1) is 0 Å². The van der Waals surface area contributed by atoms with Gasteiger partial charge in [0.1, 0.15) is 5.82 Å². The first-order valence-electron chi connectivity index (χ1n) is 4.76. The predicted molar refractivity (Wildman–Crippen MR) is 52.1 cm³/mol. The Hall–Kier alpha value is -1.44. The van der Waals surface area contributed by atoms with E-state index in [1.807, 2.05) is 12.3 Å². The Kier molecular flexibility index (Phi) is 1.36. The number of hydrogen-bond acceptors (Lipinski definition) is 0. The van der Waals surface area contributed by atoms with Gasteiger partial charge in [0, 0.05) is 18.1 Å². The average Bonchev–Trinajstić information content (AvgIpc) is 2.72. The normalized spacial score (nSPS) is 16.3. The van der Waals surface area contributed by atoms with Crippen LogP contribution >= 0.6 is 0 Å². The molecule has 2 heteroatoms. The van der Waals surface area contributed by atoms with Crippen molar-refractivity contribution in [2.75, 3.05) is 0 Å². The summed E-state index contributed by atoms with van der Waals surface area (Å²) in [4.78, 5) is 3.23. The first kappa shape index (κ1) is 7.01. The SMILES string of the molecule is c1c[nH]c(-n2cccc2C2CC2)c1. The molecule has 0 bridgehead atoms. The molecule has 0 aromatic carbocycles. The predicted octanol–water partition coefficient (Wildman–Crippen LogP) is 2.68. The van der Waals surface area contributed by atoms with Crippen LogP contribution < -0.4 is 0 Å². The molecule has 1 fully saturated rings. The highest BCUT2D eigenvalue weighted by atomic mass is 15.1. The first-order chi connectivity index (χ1) is 6.45. The molecule has 0 spiro atoms. The van der Waals surface area contributed by atoms with Gasteiger partial charge in [0.15, 0.2) is 0 Å². The van der Waals surface area contributed by atoms with Crippen molar-refractivity contribution in [2.24, 2.45) is 0 Å². The van der Waals surface area contributed by atoms with Crippen molar-refractivity contribution >= 4 is 0 Å². The highest BCUT2D eigenvalue weighted by molar-refractivity contribution is 5.31. The number of nitrogens with one attached hydrogen (secondary N) is 1. The maximum Gasteiger partial charge on any atom is 0.114 e. The van der Waals surface area contributed by atoms with E-state index in [1.54, 1.807) is 0 Å². The molecule has 0 amide bonds. The monoisotopic (exact) mass is 172 g/mol. The smallest absolute Gasteiger partial charge is 0.114 e. The van der Waals surface area contributed by atoms with Crippen LogP contribution in [0, 0.1) is 0 Å². The maximum atomic E-state index is 3.23. The number of aromatic amines is 1. The van der Waals surface area contributed by atoms with Gasteiger partial charge in [0.2, 0.25) is 0 Å². The molecule has 2 aromatic heterocycles. The molecule has 1 aliphatic carbocycles. The summed E-state index contributed by atoms with van der Waals surface area (Å²) in [6.45, 7) is 0. The molecular weight excluding hydrogens is 160 g/mol. The lowest BCUT2D eigenvalue weighted by Crippen LogP contribution is -1.96. The standard InChI is InChI=1S/C11H12N2/c1-4-11(12-7-1)13-8-2-3-10(13)9-5-6-9/h1-4,7-9,12H,5-6H2. The fourth-order valence-electron chi connectivity index (χ4n) is 1.80. The van der Waals surface area contributed by atoms with Crippen molar-refractivity contribution in [2.45, 2.75) is 18.8 Å². The minimum absolute atomic E-state index is 0.804. The summed E-state index contributed by atoms with van der Waals surface area (Å²) in [6.07, 6.45) is 6.79. The Morgan fingerprint density at radius 2 is 2.15 bits per heavy atom. The quantitative estimate of drug-likeness (QED) is 0.719. The van der Waals surface area contributed by atoms with E-state index < -0.39 is 0 Å². The summed E-state index contributed by atoms with van der Waals surface area (Å²) < 4.78 is 2.25. The minimum Gasteiger partial charge on any atom is -0.348 e. The fourth-order valence-corrected chi connectivity index (χ4v) is 1.80. The Bertz CT molecular complexity index is 393. The molecule has 1 N–H and O–H groups in total. The molecule has 3 rings (SSSR count). The largest absolute Gasteiger partial charge is 0.348 e. The zero-order valence-electron chi connectivity index (χ0n) is 7.40. The van der Waals surface area contributed by atoms with Gasteiger partial charge >= 0.3 is 0 Å². The highest BCUT2D eigenvalue weighted by Crippen LogP contribution is 2.40.